The third-order valence-electron chi connectivity index (χ3n) is 5.62. The van der Waals surface area contributed by atoms with Gasteiger partial charge < -0.3 is 15.2 Å². The van der Waals surface area contributed by atoms with Gasteiger partial charge in [0.05, 0.1) is 18.2 Å². The Bertz CT molecular complexity index is 1320. The van der Waals surface area contributed by atoms with Crippen LogP contribution in [0.4, 0.5) is 11.4 Å². The number of aliphatic hydroxyl groups excluding tert-OH is 1. The number of benzene rings is 2. The predicted molar refractivity (Wildman–Crippen MR) is 137 cm³/mol. The maximum absolute atomic E-state index is 13.3. The molecule has 0 bridgehead atoms. The van der Waals surface area contributed by atoms with Gasteiger partial charge in [0.2, 0.25) is 5.91 Å². The summed E-state index contributed by atoms with van der Waals surface area (Å²) in [5, 5.41) is 13.9. The number of hydrogen-bond acceptors (Lipinski definition) is 6. The van der Waals surface area contributed by atoms with Crippen molar-refractivity contribution in [1.82, 2.24) is 4.98 Å². The summed E-state index contributed by atoms with van der Waals surface area (Å²) in [6.45, 7) is 6.03. The molecule has 1 atom stereocenters. The number of nitrogens with one attached hydrogen (secondary N) is 1. The molecule has 1 aromatic heterocycles. The summed E-state index contributed by atoms with van der Waals surface area (Å²) in [5.41, 5.74) is 1.84. The topological polar surface area (TPSA) is 109 Å². The van der Waals surface area contributed by atoms with E-state index in [4.69, 9.17) is 4.74 Å². The number of pyridine rings is 1. The first kappa shape index (κ1) is 24.7. The highest BCUT2D eigenvalue weighted by Crippen LogP contribution is 2.42. The zero-order valence-corrected chi connectivity index (χ0v) is 20.3. The van der Waals surface area contributed by atoms with Crippen molar-refractivity contribution in [1.29, 1.82) is 0 Å². The molecule has 4 rings (SSSR count). The molecule has 0 aliphatic carbocycles. The molecule has 2 N–H and O–H groups in total. The highest BCUT2D eigenvalue weighted by molar-refractivity contribution is 6.51. The van der Waals surface area contributed by atoms with E-state index in [1.807, 2.05) is 13.8 Å². The normalized spacial score (nSPS) is 16.9. The summed E-state index contributed by atoms with van der Waals surface area (Å²) in [5.74, 6) is -1.14. The van der Waals surface area contributed by atoms with Crippen molar-refractivity contribution in [2.45, 2.75) is 26.8 Å². The van der Waals surface area contributed by atoms with Gasteiger partial charge in [0, 0.05) is 36.3 Å². The van der Waals surface area contributed by atoms with Gasteiger partial charge in [0.25, 0.3) is 11.7 Å². The Kier molecular flexibility index (Phi) is 7.15. The van der Waals surface area contributed by atoms with Gasteiger partial charge in [-0.25, -0.2) is 0 Å². The number of aromatic nitrogens is 1. The van der Waals surface area contributed by atoms with Gasteiger partial charge in [-0.05, 0) is 66.1 Å². The van der Waals surface area contributed by atoms with Crippen LogP contribution in [-0.2, 0) is 14.4 Å². The molecule has 2 amide bonds. The molecule has 0 saturated carbocycles. The van der Waals surface area contributed by atoms with E-state index in [9.17, 15) is 19.5 Å². The third-order valence-corrected chi connectivity index (χ3v) is 5.62. The number of hydrogen-bond donors (Lipinski definition) is 2. The van der Waals surface area contributed by atoms with Crippen molar-refractivity contribution >= 4 is 34.7 Å². The molecule has 36 heavy (non-hydrogen) atoms. The standard InChI is InChI=1S/C28H27N3O5/c1-17(2)16-36-23-9-7-20(8-10-23)26(33)24-25(19-11-13-29-14-12-19)31(28(35)27(24)34)22-6-4-5-21(15-22)30-18(3)32/h4-15,17,25,33H,16H2,1-3H3,(H,30,32)/b26-24+. The summed E-state index contributed by atoms with van der Waals surface area (Å²) in [7, 11) is 0. The van der Waals surface area contributed by atoms with Gasteiger partial charge in [0.15, 0.2) is 0 Å². The number of ether oxygens (including phenoxy) is 1. The Hall–Kier alpha value is -4.46. The van der Waals surface area contributed by atoms with Crippen molar-refractivity contribution in [2.75, 3.05) is 16.8 Å². The van der Waals surface area contributed by atoms with Gasteiger partial charge in [-0.1, -0.05) is 19.9 Å². The first-order chi connectivity index (χ1) is 17.3. The van der Waals surface area contributed by atoms with Crippen molar-refractivity contribution in [3.05, 3.63) is 89.8 Å². The Labute approximate surface area is 209 Å². The zero-order chi connectivity index (χ0) is 25.8. The molecule has 2 heterocycles. The number of anilines is 2. The summed E-state index contributed by atoms with van der Waals surface area (Å²) in [6.07, 6.45) is 3.12. The van der Waals surface area contributed by atoms with Crippen LogP contribution < -0.4 is 15.0 Å². The second-order valence-corrected chi connectivity index (χ2v) is 8.91. The maximum atomic E-state index is 13.3. The molecular formula is C28H27N3O5. The monoisotopic (exact) mass is 485 g/mol. The fourth-order valence-electron chi connectivity index (χ4n) is 4.02. The van der Waals surface area contributed by atoms with E-state index >= 15 is 0 Å². The lowest BCUT2D eigenvalue weighted by atomic mass is 9.95. The Morgan fingerprint density at radius 2 is 1.78 bits per heavy atom. The van der Waals surface area contributed by atoms with Crippen molar-refractivity contribution < 1.29 is 24.2 Å². The molecular weight excluding hydrogens is 458 g/mol. The predicted octanol–water partition coefficient (Wildman–Crippen LogP) is 4.70. The number of carbonyl (C=O) groups excluding carboxylic acids is 3. The highest BCUT2D eigenvalue weighted by Gasteiger charge is 2.47. The smallest absolute Gasteiger partial charge is 0.300 e. The van der Waals surface area contributed by atoms with Gasteiger partial charge in [-0.15, -0.1) is 0 Å². The van der Waals surface area contributed by atoms with Crippen molar-refractivity contribution in [3.8, 4) is 5.75 Å². The van der Waals surface area contributed by atoms with Gasteiger partial charge in [0.1, 0.15) is 11.5 Å². The van der Waals surface area contributed by atoms with E-state index in [1.165, 1.54) is 11.8 Å². The van der Waals surface area contributed by atoms with E-state index in [0.29, 0.717) is 40.8 Å². The molecule has 1 aliphatic heterocycles. The molecule has 1 aliphatic rings. The van der Waals surface area contributed by atoms with Crippen LogP contribution in [0.25, 0.3) is 5.76 Å². The quantitative estimate of drug-likeness (QED) is 0.285. The molecule has 1 unspecified atom stereocenters. The molecule has 3 aromatic rings. The van der Waals surface area contributed by atoms with Crippen LogP contribution in [0.1, 0.15) is 37.9 Å². The van der Waals surface area contributed by atoms with Crippen LogP contribution in [-0.4, -0.2) is 34.3 Å². The van der Waals surface area contributed by atoms with Crippen molar-refractivity contribution in [3.63, 3.8) is 0 Å². The van der Waals surface area contributed by atoms with E-state index < -0.39 is 17.7 Å². The second-order valence-electron chi connectivity index (χ2n) is 8.91. The van der Waals surface area contributed by atoms with Crippen LogP contribution >= 0.6 is 0 Å². The Balaban J connectivity index is 1.80. The minimum Gasteiger partial charge on any atom is -0.507 e. The number of nitrogens with zero attached hydrogens (tertiary/aromatic N) is 2. The Morgan fingerprint density at radius 1 is 1.08 bits per heavy atom. The molecule has 8 nitrogen and oxygen atoms in total. The Morgan fingerprint density at radius 3 is 2.42 bits per heavy atom. The van der Waals surface area contributed by atoms with Gasteiger partial charge in [-0.3, -0.25) is 24.3 Å². The molecule has 1 saturated heterocycles. The van der Waals surface area contributed by atoms with E-state index in [2.05, 4.69) is 10.3 Å². The molecule has 1 fully saturated rings. The SMILES string of the molecule is CC(=O)Nc1cccc(N2C(=O)C(=O)/C(=C(/O)c3ccc(OCC(C)C)cc3)C2c2ccncc2)c1. The van der Waals surface area contributed by atoms with Crippen LogP contribution in [0.2, 0.25) is 0 Å². The lowest BCUT2D eigenvalue weighted by Gasteiger charge is -2.25. The average molecular weight is 486 g/mol. The molecule has 8 heteroatoms. The van der Waals surface area contributed by atoms with Crippen LogP contribution in [0.5, 0.6) is 5.75 Å². The number of aliphatic hydroxyl groups is 1. The lowest BCUT2D eigenvalue weighted by molar-refractivity contribution is -0.132. The van der Waals surface area contributed by atoms with E-state index in [1.54, 1.807) is 73.1 Å². The van der Waals surface area contributed by atoms with Crippen LogP contribution in [0.3, 0.4) is 0 Å². The number of ketones is 1. The van der Waals surface area contributed by atoms with Crippen molar-refractivity contribution in [2.24, 2.45) is 5.92 Å². The molecule has 0 spiro atoms. The average Bonchev–Trinajstić information content (AvgIpc) is 3.13. The summed E-state index contributed by atoms with van der Waals surface area (Å²) >= 11 is 0. The van der Waals surface area contributed by atoms with Gasteiger partial charge >= 0.3 is 0 Å². The lowest BCUT2D eigenvalue weighted by Crippen LogP contribution is -2.29. The third kappa shape index (κ3) is 5.12. The molecule has 0 radical (unpaired) electrons. The van der Waals surface area contributed by atoms with Gasteiger partial charge in [-0.2, -0.15) is 0 Å². The number of rotatable bonds is 7. The van der Waals surface area contributed by atoms with Crippen LogP contribution in [0, 0.1) is 5.92 Å². The first-order valence-corrected chi connectivity index (χ1v) is 11.6. The maximum Gasteiger partial charge on any atom is 0.300 e. The molecule has 2 aromatic carbocycles. The number of amides is 2. The minimum absolute atomic E-state index is 0.0352. The molecule has 184 valence electrons. The fourth-order valence-corrected chi connectivity index (χ4v) is 4.02. The number of Topliss-reactive ketones (excluding diaryl/α,β-unsaturated/α-hetero) is 1. The van der Waals surface area contributed by atoms with Crippen LogP contribution in [0.15, 0.2) is 78.6 Å². The number of carbonyl (C=O) groups is 3. The first-order valence-electron chi connectivity index (χ1n) is 11.6. The second kappa shape index (κ2) is 10.4. The minimum atomic E-state index is -0.891. The fraction of sp³-hybridized carbons (Fsp3) is 0.214. The van der Waals surface area contributed by atoms with E-state index in [0.717, 1.165) is 0 Å². The summed E-state index contributed by atoms with van der Waals surface area (Å²) in [4.78, 5) is 43.5. The largest absolute Gasteiger partial charge is 0.507 e. The van der Waals surface area contributed by atoms with E-state index in [-0.39, 0.29) is 17.2 Å². The highest BCUT2D eigenvalue weighted by atomic mass is 16.5. The zero-order valence-electron chi connectivity index (χ0n) is 20.3. The summed E-state index contributed by atoms with van der Waals surface area (Å²) < 4.78 is 5.71. The summed E-state index contributed by atoms with van der Waals surface area (Å²) in [6, 6.07) is 15.9.